The fourth-order valence-corrected chi connectivity index (χ4v) is 4.62. The lowest BCUT2D eigenvalue weighted by atomic mass is 10.0. The normalized spacial score (nSPS) is 12.1. The molecule has 0 fully saturated rings. The summed E-state index contributed by atoms with van der Waals surface area (Å²) in [6.45, 7) is 5.56. The Morgan fingerprint density at radius 1 is 1.10 bits per heavy atom. The van der Waals surface area contributed by atoms with Gasteiger partial charge in [-0.3, -0.25) is 14.2 Å². The number of aromatic nitrogens is 3. The van der Waals surface area contributed by atoms with Crippen LogP contribution in [0.15, 0.2) is 47.6 Å². The van der Waals surface area contributed by atoms with E-state index in [0.29, 0.717) is 26.6 Å². The molecule has 2 aromatic carbocycles. The second kappa shape index (κ2) is 9.85. The molecular weight excluding hydrogens is 455 g/mol. The van der Waals surface area contributed by atoms with Crippen molar-refractivity contribution in [3.05, 3.63) is 58.1 Å². The summed E-state index contributed by atoms with van der Waals surface area (Å²) in [5, 5.41) is 11.6. The number of nitrogens with one attached hydrogen (secondary N) is 1. The Morgan fingerprint density at radius 2 is 1.81 bits per heavy atom. The van der Waals surface area contributed by atoms with Crippen LogP contribution in [0.2, 0.25) is 10.0 Å². The first-order valence-corrected chi connectivity index (χ1v) is 11.3. The van der Waals surface area contributed by atoms with Gasteiger partial charge in [0.1, 0.15) is 5.25 Å². The lowest BCUT2D eigenvalue weighted by Crippen LogP contribution is -2.34. The minimum atomic E-state index is -0.951. The maximum Gasteiger partial charge on any atom is 0.240 e. The lowest BCUT2D eigenvalue weighted by molar-refractivity contribution is -0.126. The minimum Gasteiger partial charge on any atom is -0.358 e. The largest absolute Gasteiger partial charge is 0.358 e. The van der Waals surface area contributed by atoms with Gasteiger partial charge in [-0.05, 0) is 42.7 Å². The highest BCUT2D eigenvalue weighted by molar-refractivity contribution is 8.01. The molecule has 3 rings (SSSR count). The number of halogens is 2. The van der Waals surface area contributed by atoms with Crippen molar-refractivity contribution < 1.29 is 9.59 Å². The molecule has 0 aliphatic rings. The van der Waals surface area contributed by atoms with E-state index in [2.05, 4.69) is 29.4 Å². The van der Waals surface area contributed by atoms with E-state index in [1.807, 2.05) is 28.8 Å². The van der Waals surface area contributed by atoms with E-state index >= 15 is 0 Å². The SMILES string of the molecule is CNC(=O)C(Sc1nnc(-c2ccc(Cl)cc2Cl)n1-c1ccccc1C(C)C)C(C)=O. The lowest BCUT2D eigenvalue weighted by Gasteiger charge is -2.18. The summed E-state index contributed by atoms with van der Waals surface area (Å²) in [5.74, 6) is 0.0430. The van der Waals surface area contributed by atoms with Gasteiger partial charge in [-0.1, -0.05) is 67.0 Å². The van der Waals surface area contributed by atoms with Crippen molar-refractivity contribution in [1.29, 1.82) is 0 Å². The summed E-state index contributed by atoms with van der Waals surface area (Å²) in [6.07, 6.45) is 0. The van der Waals surface area contributed by atoms with E-state index in [1.165, 1.54) is 14.0 Å². The van der Waals surface area contributed by atoms with E-state index in [1.54, 1.807) is 18.2 Å². The third-order valence-electron chi connectivity index (χ3n) is 4.68. The Bertz CT molecular complexity index is 1130. The second-order valence-electron chi connectivity index (χ2n) is 7.20. The maximum atomic E-state index is 12.3. The fourth-order valence-electron chi connectivity index (χ4n) is 3.15. The highest BCUT2D eigenvalue weighted by atomic mass is 35.5. The molecule has 0 saturated heterocycles. The van der Waals surface area contributed by atoms with Crippen LogP contribution >= 0.6 is 35.0 Å². The van der Waals surface area contributed by atoms with Crippen LogP contribution in [0, 0.1) is 0 Å². The molecular formula is C22H22Cl2N4O2S. The first-order chi connectivity index (χ1) is 14.7. The van der Waals surface area contributed by atoms with Crippen molar-refractivity contribution in [2.45, 2.75) is 37.1 Å². The molecule has 162 valence electrons. The molecule has 1 amide bonds. The average Bonchev–Trinajstić information content (AvgIpc) is 3.14. The summed E-state index contributed by atoms with van der Waals surface area (Å²) in [5.41, 5.74) is 2.56. The molecule has 1 N–H and O–H groups in total. The molecule has 0 aliphatic carbocycles. The summed E-state index contributed by atoms with van der Waals surface area (Å²) in [7, 11) is 1.50. The maximum absolute atomic E-state index is 12.3. The van der Waals surface area contributed by atoms with Crippen molar-refractivity contribution >= 4 is 46.7 Å². The van der Waals surface area contributed by atoms with Crippen molar-refractivity contribution in [1.82, 2.24) is 20.1 Å². The zero-order valence-electron chi connectivity index (χ0n) is 17.5. The van der Waals surface area contributed by atoms with Gasteiger partial charge >= 0.3 is 0 Å². The van der Waals surface area contributed by atoms with E-state index < -0.39 is 11.2 Å². The van der Waals surface area contributed by atoms with Crippen molar-refractivity contribution in [3.63, 3.8) is 0 Å². The molecule has 9 heteroatoms. The Hall–Kier alpha value is -2.35. The highest BCUT2D eigenvalue weighted by Gasteiger charge is 2.29. The number of thioether (sulfide) groups is 1. The minimum absolute atomic E-state index is 0.215. The number of rotatable bonds is 7. The summed E-state index contributed by atoms with van der Waals surface area (Å²) < 4.78 is 1.84. The molecule has 31 heavy (non-hydrogen) atoms. The van der Waals surface area contributed by atoms with Gasteiger partial charge in [-0.2, -0.15) is 0 Å². The average molecular weight is 477 g/mol. The fraction of sp³-hybridized carbons (Fsp3) is 0.273. The third kappa shape index (κ3) is 4.95. The zero-order chi connectivity index (χ0) is 22.7. The Labute approximate surface area is 195 Å². The zero-order valence-corrected chi connectivity index (χ0v) is 19.8. The quantitative estimate of drug-likeness (QED) is 0.376. The van der Waals surface area contributed by atoms with Crippen LogP contribution < -0.4 is 5.32 Å². The molecule has 3 aromatic rings. The number of ketones is 1. The number of benzene rings is 2. The van der Waals surface area contributed by atoms with Gasteiger partial charge in [-0.25, -0.2) is 0 Å². The number of carbonyl (C=O) groups is 2. The van der Waals surface area contributed by atoms with Gasteiger partial charge in [0.25, 0.3) is 0 Å². The number of nitrogens with zero attached hydrogens (tertiary/aromatic N) is 3. The summed E-state index contributed by atoms with van der Waals surface area (Å²) in [6, 6.07) is 13.0. The van der Waals surface area contributed by atoms with Gasteiger partial charge in [0.05, 0.1) is 10.7 Å². The van der Waals surface area contributed by atoms with Crippen LogP contribution in [-0.4, -0.2) is 38.8 Å². The van der Waals surface area contributed by atoms with Gasteiger partial charge in [0, 0.05) is 17.6 Å². The number of Topliss-reactive ketones (excluding diaryl/α,β-unsaturated/α-hetero) is 1. The smallest absolute Gasteiger partial charge is 0.240 e. The topological polar surface area (TPSA) is 76.9 Å². The first-order valence-electron chi connectivity index (χ1n) is 9.63. The van der Waals surface area contributed by atoms with Crippen LogP contribution in [-0.2, 0) is 9.59 Å². The molecule has 0 spiro atoms. The monoisotopic (exact) mass is 476 g/mol. The van der Waals surface area contributed by atoms with E-state index in [0.717, 1.165) is 23.0 Å². The predicted octanol–water partition coefficient (Wildman–Crippen LogP) is 5.16. The molecule has 0 aliphatic heterocycles. The van der Waals surface area contributed by atoms with E-state index in [-0.39, 0.29) is 11.7 Å². The number of amides is 1. The Kier molecular flexibility index (Phi) is 7.41. The van der Waals surface area contributed by atoms with Crippen LogP contribution in [0.4, 0.5) is 0 Å². The van der Waals surface area contributed by atoms with Crippen LogP contribution in [0.3, 0.4) is 0 Å². The van der Waals surface area contributed by atoms with Crippen molar-refractivity contribution in [3.8, 4) is 17.1 Å². The molecule has 0 saturated carbocycles. The van der Waals surface area contributed by atoms with Crippen molar-refractivity contribution in [2.75, 3.05) is 7.05 Å². The van der Waals surface area contributed by atoms with Crippen LogP contribution in [0.5, 0.6) is 0 Å². The third-order valence-corrected chi connectivity index (χ3v) is 6.49. The van der Waals surface area contributed by atoms with Crippen LogP contribution in [0.25, 0.3) is 17.1 Å². The number of para-hydroxylation sites is 1. The van der Waals surface area contributed by atoms with Gasteiger partial charge in [0.15, 0.2) is 16.8 Å². The first kappa shape index (κ1) is 23.3. The Balaban J connectivity index is 2.25. The molecule has 0 radical (unpaired) electrons. The molecule has 1 atom stereocenters. The highest BCUT2D eigenvalue weighted by Crippen LogP contribution is 2.36. The van der Waals surface area contributed by atoms with Gasteiger partial charge in [-0.15, -0.1) is 10.2 Å². The van der Waals surface area contributed by atoms with E-state index in [9.17, 15) is 9.59 Å². The van der Waals surface area contributed by atoms with Gasteiger partial charge < -0.3 is 5.32 Å². The summed E-state index contributed by atoms with van der Waals surface area (Å²) >= 11 is 13.6. The number of hydrogen-bond acceptors (Lipinski definition) is 5. The molecule has 1 unspecified atom stereocenters. The summed E-state index contributed by atoms with van der Waals surface area (Å²) in [4.78, 5) is 24.5. The predicted molar refractivity (Wildman–Crippen MR) is 125 cm³/mol. The van der Waals surface area contributed by atoms with Crippen LogP contribution in [0.1, 0.15) is 32.3 Å². The number of carbonyl (C=O) groups excluding carboxylic acids is 2. The number of hydrogen-bond donors (Lipinski definition) is 1. The van der Waals surface area contributed by atoms with Gasteiger partial charge in [0.2, 0.25) is 5.91 Å². The van der Waals surface area contributed by atoms with Crippen molar-refractivity contribution in [2.24, 2.45) is 0 Å². The second-order valence-corrected chi connectivity index (χ2v) is 9.12. The molecule has 1 aromatic heterocycles. The standard InChI is InChI=1S/C22H22Cl2N4O2S/c1-12(2)15-7-5-6-8-18(15)28-20(16-10-9-14(23)11-17(16)24)26-27-22(28)31-19(13(3)29)21(30)25-4/h5-12,19H,1-4H3,(H,25,30). The molecule has 1 heterocycles. The Morgan fingerprint density at radius 3 is 2.42 bits per heavy atom. The molecule has 0 bridgehead atoms. The van der Waals surface area contributed by atoms with E-state index in [4.69, 9.17) is 23.2 Å². The molecule has 6 nitrogen and oxygen atoms in total.